The van der Waals surface area contributed by atoms with Crippen molar-refractivity contribution < 1.29 is 14.3 Å². The average Bonchev–Trinajstić information content (AvgIpc) is 3.88. The van der Waals surface area contributed by atoms with Crippen LogP contribution in [0.1, 0.15) is 116 Å². The molecule has 0 spiro atoms. The number of carbonyl (C=O) groups excluding carboxylic acids is 1. The van der Waals surface area contributed by atoms with E-state index in [1.807, 2.05) is 64.3 Å². The zero-order valence-corrected chi connectivity index (χ0v) is 32.1. The maximum absolute atomic E-state index is 13.4. The molecule has 0 unspecified atom stereocenters. The maximum Gasteiger partial charge on any atom is 0.202 e. The Kier molecular flexibility index (Phi) is 12.3. The Morgan fingerprint density at radius 1 is 0.604 bits per heavy atom. The first kappa shape index (κ1) is 35.1. The highest BCUT2D eigenvalue weighted by Crippen LogP contribution is 2.53. The molecule has 0 amide bonds. The lowest BCUT2D eigenvalue weighted by Gasteiger charge is -2.14. The molecule has 0 fully saturated rings. The van der Waals surface area contributed by atoms with Crippen LogP contribution in [0.3, 0.4) is 0 Å². The molecular formula is C41H48O3S4. The van der Waals surface area contributed by atoms with Gasteiger partial charge in [-0.2, -0.15) is 0 Å². The molecule has 4 aromatic heterocycles. The van der Waals surface area contributed by atoms with Gasteiger partial charge in [-0.05, 0) is 44.9 Å². The second-order valence-electron chi connectivity index (χ2n) is 12.9. The number of carbonyl (C=O) groups is 1. The van der Waals surface area contributed by atoms with Crippen LogP contribution in [0.15, 0.2) is 48.5 Å². The molecule has 4 heterocycles. The number of rotatable bonds is 19. The maximum atomic E-state index is 13.4. The van der Waals surface area contributed by atoms with Gasteiger partial charge in [0.15, 0.2) is 0 Å². The fourth-order valence-corrected chi connectivity index (χ4v) is 11.1. The van der Waals surface area contributed by atoms with Gasteiger partial charge in [-0.15, -0.1) is 45.3 Å². The highest BCUT2D eigenvalue weighted by Gasteiger charge is 2.24. The van der Waals surface area contributed by atoms with Crippen molar-refractivity contribution in [1.82, 2.24) is 0 Å². The van der Waals surface area contributed by atoms with E-state index in [0.29, 0.717) is 0 Å². The van der Waals surface area contributed by atoms with Crippen LogP contribution in [0.5, 0.6) is 11.5 Å². The largest absolute Gasteiger partial charge is 0.491 e. The first-order chi connectivity index (χ1) is 23.5. The molecule has 0 saturated carbocycles. The zero-order chi connectivity index (χ0) is 33.5. The molecule has 7 heteroatoms. The molecule has 0 aliphatic rings. The molecule has 0 atom stereocenters. The summed E-state index contributed by atoms with van der Waals surface area (Å²) in [7, 11) is 0. The van der Waals surface area contributed by atoms with Crippen molar-refractivity contribution in [3.05, 3.63) is 68.7 Å². The van der Waals surface area contributed by atoms with Crippen LogP contribution in [0.4, 0.5) is 0 Å². The molecule has 6 rings (SSSR count). The first-order valence-corrected chi connectivity index (χ1v) is 21.1. The van der Waals surface area contributed by atoms with Crippen molar-refractivity contribution in [3.8, 4) is 21.3 Å². The molecule has 48 heavy (non-hydrogen) atoms. The lowest BCUT2D eigenvalue weighted by atomic mass is 10.1. The van der Waals surface area contributed by atoms with Gasteiger partial charge in [-0.1, -0.05) is 108 Å². The Hall–Kier alpha value is -2.71. The zero-order valence-electron chi connectivity index (χ0n) is 28.9. The Bertz CT molecular complexity index is 1880. The Morgan fingerprint density at radius 2 is 1.19 bits per heavy atom. The average molecular weight is 717 g/mol. The van der Waals surface area contributed by atoms with Crippen molar-refractivity contribution in [3.63, 3.8) is 0 Å². The van der Waals surface area contributed by atoms with Gasteiger partial charge >= 0.3 is 0 Å². The fourth-order valence-electron chi connectivity index (χ4n) is 6.44. The molecule has 254 valence electrons. The van der Waals surface area contributed by atoms with E-state index in [-0.39, 0.29) is 5.78 Å². The highest BCUT2D eigenvalue weighted by molar-refractivity contribution is 7.30. The minimum atomic E-state index is 0.0925. The number of unbranched alkanes of at least 4 members (excludes halogenated alkanes) is 10. The van der Waals surface area contributed by atoms with Crippen molar-refractivity contribution in [2.75, 3.05) is 13.2 Å². The molecule has 2 aromatic carbocycles. The van der Waals surface area contributed by atoms with Gasteiger partial charge in [0, 0.05) is 41.1 Å². The normalized spacial score (nSPS) is 11.8. The second-order valence-corrected chi connectivity index (χ2v) is 17.5. The lowest BCUT2D eigenvalue weighted by molar-refractivity contribution is 0.104. The first-order valence-electron chi connectivity index (χ1n) is 17.9. The summed E-state index contributed by atoms with van der Waals surface area (Å²) < 4.78 is 17.1. The predicted molar refractivity (Wildman–Crippen MR) is 213 cm³/mol. The number of aryl methyl sites for hydroxylation is 2. The third-order valence-corrected chi connectivity index (χ3v) is 13.9. The summed E-state index contributed by atoms with van der Waals surface area (Å²) in [4.78, 5) is 19.2. The summed E-state index contributed by atoms with van der Waals surface area (Å²) in [6, 6.07) is 16.4. The van der Waals surface area contributed by atoms with Crippen LogP contribution in [0, 0.1) is 13.8 Å². The van der Waals surface area contributed by atoms with Gasteiger partial charge in [0.05, 0.1) is 32.4 Å². The van der Waals surface area contributed by atoms with Crippen LogP contribution in [0.25, 0.3) is 40.0 Å². The van der Waals surface area contributed by atoms with Gasteiger partial charge in [-0.25, -0.2) is 0 Å². The van der Waals surface area contributed by atoms with Crippen LogP contribution in [-0.4, -0.2) is 19.0 Å². The molecule has 0 N–H and O–H groups in total. The summed E-state index contributed by atoms with van der Waals surface area (Å²) in [6.45, 7) is 10.4. The number of ether oxygens (including phenoxy) is 2. The number of fused-ring (bicyclic) bond motifs is 3. The molecule has 0 aliphatic carbocycles. The number of hydrogen-bond donors (Lipinski definition) is 0. The lowest BCUT2D eigenvalue weighted by Crippen LogP contribution is -2.00. The molecule has 0 saturated heterocycles. The van der Waals surface area contributed by atoms with E-state index in [9.17, 15) is 4.79 Å². The summed E-state index contributed by atoms with van der Waals surface area (Å²) in [5.74, 6) is 2.11. The fraction of sp³-hybridized carbons (Fsp3) is 0.439. The summed E-state index contributed by atoms with van der Waals surface area (Å²) in [6.07, 6.45) is 14.9. The van der Waals surface area contributed by atoms with E-state index >= 15 is 0 Å². The molecule has 3 nitrogen and oxygen atoms in total. The van der Waals surface area contributed by atoms with Crippen molar-refractivity contribution in [1.29, 1.82) is 0 Å². The van der Waals surface area contributed by atoms with Gasteiger partial charge in [0.2, 0.25) is 5.78 Å². The third kappa shape index (κ3) is 7.85. The van der Waals surface area contributed by atoms with E-state index in [1.165, 1.54) is 109 Å². The molecule has 0 aliphatic heterocycles. The van der Waals surface area contributed by atoms with Gasteiger partial charge in [0.25, 0.3) is 0 Å². The van der Waals surface area contributed by atoms with Gasteiger partial charge in [-0.3, -0.25) is 4.79 Å². The Balaban J connectivity index is 1.36. The minimum Gasteiger partial charge on any atom is -0.491 e. The number of thiophene rings is 4. The van der Waals surface area contributed by atoms with Crippen LogP contribution in [-0.2, 0) is 0 Å². The molecule has 0 bridgehead atoms. The monoisotopic (exact) mass is 716 g/mol. The number of ketones is 1. The van der Waals surface area contributed by atoms with Crippen LogP contribution >= 0.6 is 45.3 Å². The SMILES string of the molecule is CCCCCCCCOc1c2cc(-c3sc(C)c4sc(C(=O)c5ccccc5)cc34)sc2c(OCCCCCCCC)c2cc(C)sc12. The van der Waals surface area contributed by atoms with E-state index in [4.69, 9.17) is 9.47 Å². The van der Waals surface area contributed by atoms with Crippen LogP contribution in [0.2, 0.25) is 0 Å². The van der Waals surface area contributed by atoms with Crippen molar-refractivity contribution in [2.24, 2.45) is 0 Å². The Morgan fingerprint density at radius 3 is 1.83 bits per heavy atom. The summed E-state index contributed by atoms with van der Waals surface area (Å²) in [5, 5.41) is 3.51. The van der Waals surface area contributed by atoms with Gasteiger partial charge < -0.3 is 9.47 Å². The highest BCUT2D eigenvalue weighted by atomic mass is 32.1. The predicted octanol–water partition coefficient (Wildman–Crippen LogP) is 14.4. The standard InChI is InChI=1S/C41H48O3S4/c1-5-7-9-11-13-18-22-43-36-30-24-27(3)45-40(30)37(44-23-19-14-12-10-8-6-2)31-25-34(48-41(31)36)39-32-26-33(47-38(32)28(4)46-39)35(42)29-20-16-15-17-21-29/h15-17,20-21,24-26H,5-14,18-19,22-23H2,1-4H3. The summed E-state index contributed by atoms with van der Waals surface area (Å²) >= 11 is 7.08. The summed E-state index contributed by atoms with van der Waals surface area (Å²) in [5.41, 5.74) is 0.737. The second kappa shape index (κ2) is 16.8. The van der Waals surface area contributed by atoms with E-state index in [0.717, 1.165) is 53.4 Å². The molecule has 0 radical (unpaired) electrons. The molecular weight excluding hydrogens is 669 g/mol. The quantitative estimate of drug-likeness (QED) is 0.0618. The minimum absolute atomic E-state index is 0.0925. The number of hydrogen-bond acceptors (Lipinski definition) is 7. The van der Waals surface area contributed by atoms with Crippen LogP contribution < -0.4 is 9.47 Å². The van der Waals surface area contributed by atoms with E-state index in [1.54, 1.807) is 11.3 Å². The van der Waals surface area contributed by atoms with Crippen molar-refractivity contribution in [2.45, 2.75) is 105 Å². The van der Waals surface area contributed by atoms with E-state index in [2.05, 4.69) is 45.9 Å². The topological polar surface area (TPSA) is 35.5 Å². The van der Waals surface area contributed by atoms with Crippen molar-refractivity contribution >= 4 is 81.4 Å². The molecule has 6 aromatic rings. The third-order valence-electron chi connectivity index (χ3n) is 9.01. The van der Waals surface area contributed by atoms with Gasteiger partial charge in [0.1, 0.15) is 11.5 Å². The van der Waals surface area contributed by atoms with E-state index < -0.39 is 0 Å². The Labute approximate surface area is 301 Å². The number of benzene rings is 2. The smallest absolute Gasteiger partial charge is 0.202 e.